The molecule has 3 rings (SSSR count). The van der Waals surface area contributed by atoms with Crippen LogP contribution in [0.4, 0.5) is 0 Å². The largest absolute Gasteiger partial charge is 0.467 e. The van der Waals surface area contributed by atoms with Crippen molar-refractivity contribution in [1.29, 1.82) is 0 Å². The third-order valence-electron chi connectivity index (χ3n) is 5.51. The van der Waals surface area contributed by atoms with Crippen LogP contribution in [-0.4, -0.2) is 36.7 Å². The molecule has 2 bridgehead atoms. The fourth-order valence-corrected chi connectivity index (χ4v) is 4.07. The van der Waals surface area contributed by atoms with Gasteiger partial charge in [-0.15, -0.1) is 0 Å². The van der Waals surface area contributed by atoms with Crippen molar-refractivity contribution in [2.45, 2.75) is 69.6 Å². The number of rotatable bonds is 3. The third-order valence-corrected chi connectivity index (χ3v) is 5.51. The topological polar surface area (TPSA) is 64.6 Å². The molecule has 0 spiro atoms. The zero-order valence-electron chi connectivity index (χ0n) is 12.9. The van der Waals surface area contributed by atoms with Crippen LogP contribution in [0.15, 0.2) is 0 Å². The van der Waals surface area contributed by atoms with Gasteiger partial charge in [-0.2, -0.15) is 0 Å². The summed E-state index contributed by atoms with van der Waals surface area (Å²) in [7, 11) is 1.40. The van der Waals surface area contributed by atoms with Crippen LogP contribution in [0.25, 0.3) is 0 Å². The second-order valence-corrected chi connectivity index (χ2v) is 6.96. The van der Waals surface area contributed by atoms with Gasteiger partial charge in [0.25, 0.3) is 0 Å². The lowest BCUT2D eigenvalue weighted by molar-refractivity contribution is -0.154. The van der Waals surface area contributed by atoms with Crippen LogP contribution in [0.1, 0.15) is 51.9 Å². The molecule has 1 amide bonds. The first-order valence-electron chi connectivity index (χ1n) is 8.10. The van der Waals surface area contributed by atoms with E-state index in [0.29, 0.717) is 18.8 Å². The Morgan fingerprint density at radius 2 is 1.90 bits per heavy atom. The highest BCUT2D eigenvalue weighted by Crippen LogP contribution is 2.40. The highest BCUT2D eigenvalue weighted by molar-refractivity contribution is 5.89. The van der Waals surface area contributed by atoms with Gasteiger partial charge in [0.2, 0.25) is 5.91 Å². The van der Waals surface area contributed by atoms with Crippen LogP contribution in [0.2, 0.25) is 0 Å². The molecular weight excluding hydrogens is 270 g/mol. The van der Waals surface area contributed by atoms with Gasteiger partial charge in [-0.05, 0) is 50.9 Å². The first-order chi connectivity index (χ1) is 10.0. The molecule has 1 aliphatic carbocycles. The van der Waals surface area contributed by atoms with Crippen LogP contribution in [0.5, 0.6) is 0 Å². The molecule has 3 fully saturated rings. The lowest BCUT2D eigenvalue weighted by Crippen LogP contribution is -2.58. The molecule has 0 aromatic carbocycles. The summed E-state index contributed by atoms with van der Waals surface area (Å²) in [5, 5.41) is 3.04. The molecule has 3 unspecified atom stereocenters. The zero-order valence-corrected chi connectivity index (χ0v) is 12.9. The number of amides is 1. The normalized spacial score (nSPS) is 41.8. The average Bonchev–Trinajstić information content (AvgIpc) is 3.11. The smallest absolute Gasteiger partial charge is 0.331 e. The SMILES string of the molecule is COC(=O)C1(NC(=O)C2CC3CCC2O3)CCC(C)CC1. The van der Waals surface area contributed by atoms with Crippen molar-refractivity contribution >= 4 is 11.9 Å². The van der Waals surface area contributed by atoms with Crippen molar-refractivity contribution in [3.63, 3.8) is 0 Å². The molecule has 5 heteroatoms. The second kappa shape index (κ2) is 5.59. The van der Waals surface area contributed by atoms with Crippen molar-refractivity contribution < 1.29 is 19.1 Å². The summed E-state index contributed by atoms with van der Waals surface area (Å²) in [4.78, 5) is 24.8. The van der Waals surface area contributed by atoms with Crippen LogP contribution in [0, 0.1) is 11.8 Å². The first kappa shape index (κ1) is 14.8. The quantitative estimate of drug-likeness (QED) is 0.806. The Balaban J connectivity index is 1.69. The van der Waals surface area contributed by atoms with Crippen LogP contribution < -0.4 is 5.32 Å². The van der Waals surface area contributed by atoms with E-state index in [0.717, 1.165) is 32.1 Å². The van der Waals surface area contributed by atoms with Crippen molar-refractivity contribution in [2.24, 2.45) is 11.8 Å². The van der Waals surface area contributed by atoms with E-state index in [4.69, 9.17) is 9.47 Å². The molecule has 3 aliphatic rings. The van der Waals surface area contributed by atoms with E-state index in [2.05, 4.69) is 12.2 Å². The second-order valence-electron chi connectivity index (χ2n) is 6.96. The standard InChI is InChI=1S/C16H25NO4/c1-10-5-7-16(8-6-10,15(19)20-2)17-14(18)12-9-11-3-4-13(12)21-11/h10-13H,3-9H2,1-2H3,(H,17,18). The van der Waals surface area contributed by atoms with Crippen molar-refractivity contribution in [2.75, 3.05) is 7.11 Å². The number of methoxy groups -OCH3 is 1. The van der Waals surface area contributed by atoms with Crippen molar-refractivity contribution in [3.05, 3.63) is 0 Å². The maximum atomic E-state index is 12.6. The number of nitrogens with one attached hydrogen (secondary N) is 1. The Morgan fingerprint density at radius 3 is 2.43 bits per heavy atom. The fourth-order valence-electron chi connectivity index (χ4n) is 4.07. The van der Waals surface area contributed by atoms with Crippen molar-refractivity contribution in [1.82, 2.24) is 5.32 Å². The van der Waals surface area contributed by atoms with Crippen LogP contribution in [-0.2, 0) is 19.1 Å². The van der Waals surface area contributed by atoms with Crippen molar-refractivity contribution in [3.8, 4) is 0 Å². The molecule has 1 saturated carbocycles. The van der Waals surface area contributed by atoms with Gasteiger partial charge in [0, 0.05) is 0 Å². The molecule has 0 aromatic heterocycles. The Labute approximate surface area is 125 Å². The zero-order chi connectivity index (χ0) is 15.0. The van der Waals surface area contributed by atoms with Gasteiger partial charge in [0.05, 0.1) is 25.2 Å². The number of hydrogen-bond donors (Lipinski definition) is 1. The number of carbonyl (C=O) groups is 2. The summed E-state index contributed by atoms with van der Waals surface area (Å²) in [6, 6.07) is 0. The Kier molecular flexibility index (Phi) is 3.95. The summed E-state index contributed by atoms with van der Waals surface area (Å²) in [6.07, 6.45) is 6.36. The van der Waals surface area contributed by atoms with E-state index in [-0.39, 0.29) is 30.0 Å². The van der Waals surface area contributed by atoms with Crippen LogP contribution >= 0.6 is 0 Å². The third kappa shape index (κ3) is 2.68. The summed E-state index contributed by atoms with van der Waals surface area (Å²) < 4.78 is 10.7. The van der Waals surface area contributed by atoms with Gasteiger partial charge in [-0.3, -0.25) is 4.79 Å². The van der Waals surface area contributed by atoms with Gasteiger partial charge >= 0.3 is 5.97 Å². The lowest BCUT2D eigenvalue weighted by atomic mass is 9.76. The van der Waals surface area contributed by atoms with E-state index in [1.807, 2.05) is 0 Å². The minimum absolute atomic E-state index is 0.0258. The maximum absolute atomic E-state index is 12.6. The molecule has 21 heavy (non-hydrogen) atoms. The number of hydrogen-bond acceptors (Lipinski definition) is 4. The maximum Gasteiger partial charge on any atom is 0.331 e. The van der Waals surface area contributed by atoms with Crippen LogP contribution in [0.3, 0.4) is 0 Å². The van der Waals surface area contributed by atoms with Gasteiger partial charge in [0.1, 0.15) is 5.54 Å². The molecule has 0 radical (unpaired) electrons. The number of esters is 1. The minimum Gasteiger partial charge on any atom is -0.467 e. The number of ether oxygens (including phenoxy) is 2. The molecule has 5 nitrogen and oxygen atoms in total. The van der Waals surface area contributed by atoms with Gasteiger partial charge in [0.15, 0.2) is 0 Å². The van der Waals surface area contributed by atoms with E-state index in [1.165, 1.54) is 7.11 Å². The van der Waals surface area contributed by atoms with Gasteiger partial charge in [-0.1, -0.05) is 6.92 Å². The molecule has 1 N–H and O–H groups in total. The van der Waals surface area contributed by atoms with Gasteiger partial charge < -0.3 is 14.8 Å². The predicted octanol–water partition coefficient (Wildman–Crippen LogP) is 1.79. The predicted molar refractivity (Wildman–Crippen MR) is 76.5 cm³/mol. The number of fused-ring (bicyclic) bond motifs is 2. The molecule has 3 atom stereocenters. The van der Waals surface area contributed by atoms with Gasteiger partial charge in [-0.25, -0.2) is 4.79 Å². The molecule has 0 aromatic rings. The average molecular weight is 295 g/mol. The van der Waals surface area contributed by atoms with E-state index in [1.54, 1.807) is 0 Å². The van der Waals surface area contributed by atoms with E-state index in [9.17, 15) is 9.59 Å². The highest BCUT2D eigenvalue weighted by Gasteiger charge is 2.49. The molecule has 2 heterocycles. The van der Waals surface area contributed by atoms with E-state index >= 15 is 0 Å². The molecular formula is C16H25NO4. The van der Waals surface area contributed by atoms with E-state index < -0.39 is 5.54 Å². The molecule has 2 aliphatic heterocycles. The number of carbonyl (C=O) groups excluding carboxylic acids is 2. The Bertz CT molecular complexity index is 428. The Morgan fingerprint density at radius 1 is 1.19 bits per heavy atom. The lowest BCUT2D eigenvalue weighted by Gasteiger charge is -2.38. The minimum atomic E-state index is -0.819. The summed E-state index contributed by atoms with van der Waals surface area (Å²) in [5.41, 5.74) is -0.819. The fraction of sp³-hybridized carbons (Fsp3) is 0.875. The highest BCUT2D eigenvalue weighted by atomic mass is 16.5. The summed E-state index contributed by atoms with van der Waals surface area (Å²) >= 11 is 0. The molecule has 118 valence electrons. The Hall–Kier alpha value is -1.10. The monoisotopic (exact) mass is 295 g/mol. The summed E-state index contributed by atoms with van der Waals surface area (Å²) in [5.74, 6) is 0.184. The first-order valence-corrected chi connectivity index (χ1v) is 8.10. The molecule has 2 saturated heterocycles. The summed E-state index contributed by atoms with van der Waals surface area (Å²) in [6.45, 7) is 2.19.